The molecular weight excluding hydrogens is 482 g/mol. The first-order chi connectivity index (χ1) is 18.3. The van der Waals surface area contributed by atoms with Gasteiger partial charge in [0.2, 0.25) is 5.91 Å². The van der Waals surface area contributed by atoms with E-state index in [1.165, 1.54) is 6.07 Å². The number of benzene rings is 3. The molecule has 2 saturated heterocycles. The molecule has 8 nitrogen and oxygen atoms in total. The van der Waals surface area contributed by atoms with Gasteiger partial charge in [-0.15, -0.1) is 0 Å². The van der Waals surface area contributed by atoms with Crippen LogP contribution in [-0.2, 0) is 10.3 Å². The van der Waals surface area contributed by atoms with Crippen molar-refractivity contribution in [2.45, 2.75) is 44.2 Å². The molecule has 38 heavy (non-hydrogen) atoms. The smallest absolute Gasteiger partial charge is 0.269 e. The Balaban J connectivity index is 1.62. The number of nitrogens with zero attached hydrogens (tertiary/aromatic N) is 2. The molecule has 6 rings (SSSR count). The highest BCUT2D eigenvalue weighted by Gasteiger charge is 2.69. The van der Waals surface area contributed by atoms with Crippen molar-refractivity contribution < 1.29 is 19.2 Å². The summed E-state index contributed by atoms with van der Waals surface area (Å²) in [5.41, 5.74) is 3.52. The molecule has 0 aliphatic carbocycles. The summed E-state index contributed by atoms with van der Waals surface area (Å²) in [5, 5.41) is 14.8. The first kappa shape index (κ1) is 24.3. The van der Waals surface area contributed by atoms with E-state index in [1.807, 2.05) is 32.0 Å². The molecule has 1 spiro atoms. The zero-order valence-electron chi connectivity index (χ0n) is 21.6. The molecule has 1 N–H and O–H groups in total. The number of Topliss-reactive ketones (excluding diaryl/α,β-unsaturated/α-hetero) is 1. The number of hydrogen-bond acceptors (Lipinski definition) is 6. The first-order valence-corrected chi connectivity index (χ1v) is 12.9. The maximum absolute atomic E-state index is 14.6. The van der Waals surface area contributed by atoms with E-state index in [0.29, 0.717) is 23.4 Å². The van der Waals surface area contributed by atoms with E-state index in [0.717, 1.165) is 35.2 Å². The lowest BCUT2D eigenvalue weighted by Gasteiger charge is -2.37. The number of anilines is 1. The fraction of sp³-hybridized carbons (Fsp3) is 0.333. The van der Waals surface area contributed by atoms with Gasteiger partial charge in [0.25, 0.3) is 5.69 Å². The normalized spacial score (nSPS) is 25.8. The molecule has 3 aromatic rings. The summed E-state index contributed by atoms with van der Waals surface area (Å²) >= 11 is 0. The van der Waals surface area contributed by atoms with Crippen molar-refractivity contribution in [3.8, 4) is 5.75 Å². The topological polar surface area (TPSA) is 102 Å². The number of nitro groups is 1. The van der Waals surface area contributed by atoms with Crippen LogP contribution in [0, 0.1) is 29.9 Å². The molecule has 4 atom stereocenters. The quantitative estimate of drug-likeness (QED) is 0.290. The minimum atomic E-state index is -1.21. The van der Waals surface area contributed by atoms with Crippen molar-refractivity contribution in [2.75, 3.05) is 19.0 Å². The lowest BCUT2D eigenvalue weighted by molar-refractivity contribution is -0.384. The average Bonchev–Trinajstić information content (AvgIpc) is 3.57. The molecule has 3 heterocycles. The van der Waals surface area contributed by atoms with E-state index in [-0.39, 0.29) is 23.4 Å². The number of carbonyl (C=O) groups is 2. The van der Waals surface area contributed by atoms with E-state index in [1.54, 1.807) is 43.5 Å². The molecule has 3 aliphatic heterocycles. The van der Waals surface area contributed by atoms with Gasteiger partial charge in [-0.3, -0.25) is 24.6 Å². The Hall–Kier alpha value is -4.04. The molecule has 8 heteroatoms. The lowest BCUT2D eigenvalue weighted by Crippen LogP contribution is -2.52. The Morgan fingerprint density at radius 3 is 2.61 bits per heavy atom. The minimum Gasteiger partial charge on any atom is -0.497 e. The fourth-order valence-corrected chi connectivity index (χ4v) is 7.17. The van der Waals surface area contributed by atoms with Gasteiger partial charge in [0.05, 0.1) is 18.0 Å². The number of ether oxygens (including phenoxy) is 1. The van der Waals surface area contributed by atoms with Crippen molar-refractivity contribution in [1.82, 2.24) is 4.90 Å². The van der Waals surface area contributed by atoms with Crippen molar-refractivity contribution >= 4 is 23.1 Å². The van der Waals surface area contributed by atoms with Crippen molar-refractivity contribution in [2.24, 2.45) is 5.92 Å². The minimum absolute atomic E-state index is 0.0217. The van der Waals surface area contributed by atoms with E-state index in [4.69, 9.17) is 4.74 Å². The molecule has 194 valence electrons. The summed E-state index contributed by atoms with van der Waals surface area (Å²) < 4.78 is 5.30. The Morgan fingerprint density at radius 2 is 1.89 bits per heavy atom. The van der Waals surface area contributed by atoms with Crippen LogP contribution in [0.1, 0.15) is 51.4 Å². The number of fused-ring (bicyclic) bond motifs is 4. The number of nitro benzene ring substituents is 1. The third kappa shape index (κ3) is 3.33. The summed E-state index contributed by atoms with van der Waals surface area (Å²) in [7, 11) is 1.57. The highest BCUT2D eigenvalue weighted by atomic mass is 16.6. The van der Waals surface area contributed by atoms with Crippen LogP contribution in [0.15, 0.2) is 60.7 Å². The number of rotatable bonds is 5. The largest absolute Gasteiger partial charge is 0.497 e. The van der Waals surface area contributed by atoms with Gasteiger partial charge in [0.15, 0.2) is 5.78 Å². The standard InChI is InChI=1S/C30H29N3O5/c1-17-14-18(2)27-23(15-17)30(29(35)31-27)26(28(34)19-9-11-22(38-3)12-10-19)25(24-8-5-13-32(24)30)20-6-4-7-21(16-20)33(36)37/h4,6-7,9-12,14-16,24-26H,5,8,13H2,1-3H3,(H,31,35)/t24?,25?,26?,30-/m1/s1. The van der Waals surface area contributed by atoms with Gasteiger partial charge in [0, 0.05) is 40.9 Å². The fourth-order valence-electron chi connectivity index (χ4n) is 7.17. The summed E-state index contributed by atoms with van der Waals surface area (Å²) in [6, 6.07) is 17.5. The summed E-state index contributed by atoms with van der Waals surface area (Å²) in [6.07, 6.45) is 1.68. The van der Waals surface area contributed by atoms with Gasteiger partial charge in [-0.05, 0) is 68.6 Å². The Labute approximate surface area is 220 Å². The summed E-state index contributed by atoms with van der Waals surface area (Å²) in [6.45, 7) is 4.64. The average molecular weight is 512 g/mol. The molecule has 2 fully saturated rings. The molecule has 0 radical (unpaired) electrons. The van der Waals surface area contributed by atoms with Gasteiger partial charge in [-0.1, -0.05) is 29.8 Å². The van der Waals surface area contributed by atoms with E-state index in [2.05, 4.69) is 10.2 Å². The number of carbonyl (C=O) groups excluding carboxylic acids is 2. The van der Waals surface area contributed by atoms with Gasteiger partial charge in [0.1, 0.15) is 11.3 Å². The van der Waals surface area contributed by atoms with E-state index >= 15 is 0 Å². The van der Waals surface area contributed by atoms with Gasteiger partial charge < -0.3 is 10.1 Å². The Morgan fingerprint density at radius 1 is 1.13 bits per heavy atom. The number of aryl methyl sites for hydroxylation is 2. The van der Waals surface area contributed by atoms with E-state index < -0.39 is 22.3 Å². The molecule has 3 unspecified atom stereocenters. The van der Waals surface area contributed by atoms with Crippen LogP contribution in [0.5, 0.6) is 5.75 Å². The third-order valence-electron chi connectivity index (χ3n) is 8.57. The highest BCUT2D eigenvalue weighted by Crippen LogP contribution is 2.61. The SMILES string of the molecule is COc1ccc(C(=O)C2C(c3cccc([N+](=O)[O-])c3)C3CCCN3[C@@]23C(=O)Nc2c(C)cc(C)cc23)cc1. The maximum Gasteiger partial charge on any atom is 0.269 e. The number of non-ortho nitro benzene ring substituents is 1. The number of amides is 1. The first-order valence-electron chi connectivity index (χ1n) is 12.9. The van der Waals surface area contributed by atoms with Crippen LogP contribution in [-0.4, -0.2) is 41.2 Å². The van der Waals surface area contributed by atoms with Crippen LogP contribution in [0.25, 0.3) is 0 Å². The molecule has 0 saturated carbocycles. The van der Waals surface area contributed by atoms with Crippen molar-refractivity contribution in [3.05, 3.63) is 98.6 Å². The number of ketones is 1. The highest BCUT2D eigenvalue weighted by molar-refractivity contribution is 6.13. The van der Waals surface area contributed by atoms with Crippen LogP contribution in [0.3, 0.4) is 0 Å². The molecule has 0 bridgehead atoms. The number of methoxy groups -OCH3 is 1. The van der Waals surface area contributed by atoms with Gasteiger partial charge >= 0.3 is 0 Å². The maximum atomic E-state index is 14.6. The van der Waals surface area contributed by atoms with Gasteiger partial charge in [-0.2, -0.15) is 0 Å². The molecule has 0 aromatic heterocycles. The van der Waals surface area contributed by atoms with Gasteiger partial charge in [-0.25, -0.2) is 0 Å². The monoisotopic (exact) mass is 511 g/mol. The predicted octanol–water partition coefficient (Wildman–Crippen LogP) is 5.13. The number of nitrogens with one attached hydrogen (secondary N) is 1. The van der Waals surface area contributed by atoms with Crippen molar-refractivity contribution in [1.29, 1.82) is 0 Å². The van der Waals surface area contributed by atoms with Crippen LogP contribution < -0.4 is 10.1 Å². The van der Waals surface area contributed by atoms with Crippen LogP contribution in [0.2, 0.25) is 0 Å². The second-order valence-corrected chi connectivity index (χ2v) is 10.6. The summed E-state index contributed by atoms with van der Waals surface area (Å²) in [5.74, 6) is -0.891. The predicted molar refractivity (Wildman–Crippen MR) is 143 cm³/mol. The zero-order chi connectivity index (χ0) is 26.8. The molecule has 3 aromatic carbocycles. The van der Waals surface area contributed by atoms with Crippen LogP contribution in [0.4, 0.5) is 11.4 Å². The molecule has 3 aliphatic rings. The molecular formula is C30H29N3O5. The Bertz CT molecular complexity index is 1480. The van der Waals surface area contributed by atoms with Crippen LogP contribution >= 0.6 is 0 Å². The second kappa shape index (κ2) is 8.77. The Kier molecular flexibility index (Phi) is 5.61. The third-order valence-corrected chi connectivity index (χ3v) is 8.57. The lowest BCUT2D eigenvalue weighted by atomic mass is 9.68. The van der Waals surface area contributed by atoms with Crippen molar-refractivity contribution in [3.63, 3.8) is 0 Å². The zero-order valence-corrected chi connectivity index (χ0v) is 21.6. The number of hydrogen-bond donors (Lipinski definition) is 1. The summed E-state index contributed by atoms with van der Waals surface area (Å²) in [4.78, 5) is 42.3. The van der Waals surface area contributed by atoms with E-state index in [9.17, 15) is 19.7 Å². The second-order valence-electron chi connectivity index (χ2n) is 10.6. The molecule has 1 amide bonds.